The van der Waals surface area contributed by atoms with Crippen LogP contribution in [0.2, 0.25) is 5.02 Å². The summed E-state index contributed by atoms with van der Waals surface area (Å²) in [5.74, 6) is 0.504. The molecule has 0 spiro atoms. The first-order chi connectivity index (χ1) is 7.09. The zero-order chi connectivity index (χ0) is 11.3. The summed E-state index contributed by atoms with van der Waals surface area (Å²) in [5.41, 5.74) is 6.01. The number of pyridine rings is 1. The summed E-state index contributed by atoms with van der Waals surface area (Å²) in [6.07, 6.45) is 1.52. The normalized spacial score (nSPS) is 9.73. The van der Waals surface area contributed by atoms with Gasteiger partial charge in [-0.25, -0.2) is 4.98 Å². The highest BCUT2D eigenvalue weighted by atomic mass is 35.5. The number of rotatable bonds is 4. The number of amides is 1. The lowest BCUT2D eigenvalue weighted by Crippen LogP contribution is -2.26. The smallest absolute Gasteiger partial charge is 0.216 e. The van der Waals surface area contributed by atoms with Crippen molar-refractivity contribution in [3.05, 3.63) is 17.3 Å². The maximum absolute atomic E-state index is 10.6. The molecule has 0 aliphatic carbocycles. The van der Waals surface area contributed by atoms with Gasteiger partial charge in [0.25, 0.3) is 0 Å². The molecule has 0 unspecified atom stereocenters. The second-order valence-corrected chi connectivity index (χ2v) is 3.42. The molecule has 15 heavy (non-hydrogen) atoms. The maximum Gasteiger partial charge on any atom is 0.216 e. The number of halogens is 1. The van der Waals surface area contributed by atoms with Crippen LogP contribution in [0.25, 0.3) is 0 Å². The molecule has 0 radical (unpaired) electrons. The van der Waals surface area contributed by atoms with E-state index < -0.39 is 0 Å². The SMILES string of the molecule is CC(=O)NCCNc1ncc(N)cc1Cl. The fourth-order valence-corrected chi connectivity index (χ4v) is 1.24. The van der Waals surface area contributed by atoms with Crippen molar-refractivity contribution in [3.8, 4) is 0 Å². The third kappa shape index (κ3) is 4.03. The Bertz CT molecular complexity index is 356. The molecule has 1 heterocycles. The summed E-state index contributed by atoms with van der Waals surface area (Å²) in [6.45, 7) is 2.56. The van der Waals surface area contributed by atoms with Gasteiger partial charge in [0.2, 0.25) is 5.91 Å². The van der Waals surface area contributed by atoms with Gasteiger partial charge in [-0.1, -0.05) is 11.6 Å². The summed E-state index contributed by atoms with van der Waals surface area (Å²) >= 11 is 5.88. The Kier molecular flexibility index (Phi) is 4.17. The average molecular weight is 229 g/mol. The van der Waals surface area contributed by atoms with E-state index in [1.54, 1.807) is 6.07 Å². The average Bonchev–Trinajstić information content (AvgIpc) is 2.14. The molecular weight excluding hydrogens is 216 g/mol. The molecule has 0 aromatic carbocycles. The molecule has 5 nitrogen and oxygen atoms in total. The van der Waals surface area contributed by atoms with Crippen LogP contribution in [0.15, 0.2) is 12.3 Å². The van der Waals surface area contributed by atoms with Crippen molar-refractivity contribution in [2.24, 2.45) is 0 Å². The minimum absolute atomic E-state index is 0.0619. The van der Waals surface area contributed by atoms with Crippen LogP contribution in [0.1, 0.15) is 6.92 Å². The highest BCUT2D eigenvalue weighted by Gasteiger charge is 2.00. The van der Waals surface area contributed by atoms with Crippen LogP contribution in [-0.2, 0) is 4.79 Å². The molecular formula is C9H13ClN4O. The van der Waals surface area contributed by atoms with Crippen molar-refractivity contribution in [1.82, 2.24) is 10.3 Å². The zero-order valence-electron chi connectivity index (χ0n) is 8.38. The minimum Gasteiger partial charge on any atom is -0.397 e. The summed E-state index contributed by atoms with van der Waals surface area (Å²) in [5, 5.41) is 6.10. The van der Waals surface area contributed by atoms with Crippen molar-refractivity contribution in [3.63, 3.8) is 0 Å². The fourth-order valence-electron chi connectivity index (χ4n) is 1.00. The summed E-state index contributed by atoms with van der Waals surface area (Å²) in [7, 11) is 0. The number of carbonyl (C=O) groups is 1. The van der Waals surface area contributed by atoms with E-state index in [0.717, 1.165) is 0 Å². The molecule has 1 aromatic rings. The van der Waals surface area contributed by atoms with Gasteiger partial charge < -0.3 is 16.4 Å². The molecule has 0 atom stereocenters. The van der Waals surface area contributed by atoms with Crippen molar-refractivity contribution in [1.29, 1.82) is 0 Å². The quantitative estimate of drug-likeness (QED) is 0.668. The predicted molar refractivity (Wildman–Crippen MR) is 60.8 cm³/mol. The number of nitrogens with one attached hydrogen (secondary N) is 2. The number of nitrogens with zero attached hydrogens (tertiary/aromatic N) is 1. The number of hydrogen-bond acceptors (Lipinski definition) is 4. The third-order valence-corrected chi connectivity index (χ3v) is 1.94. The second-order valence-electron chi connectivity index (χ2n) is 3.01. The highest BCUT2D eigenvalue weighted by molar-refractivity contribution is 6.33. The molecule has 0 bridgehead atoms. The monoisotopic (exact) mass is 228 g/mol. The standard InChI is InChI=1S/C9H13ClN4O/c1-6(15)12-2-3-13-9-8(10)4-7(11)5-14-9/h4-5H,2-3,11H2,1H3,(H,12,15)(H,13,14). The Morgan fingerprint density at radius 3 is 2.93 bits per heavy atom. The summed E-state index contributed by atoms with van der Waals surface area (Å²) < 4.78 is 0. The Hall–Kier alpha value is -1.49. The fraction of sp³-hybridized carbons (Fsp3) is 0.333. The van der Waals surface area contributed by atoms with Gasteiger partial charge in [-0.3, -0.25) is 4.79 Å². The largest absolute Gasteiger partial charge is 0.397 e. The van der Waals surface area contributed by atoms with Crippen LogP contribution in [0, 0.1) is 0 Å². The van der Waals surface area contributed by atoms with E-state index in [9.17, 15) is 4.79 Å². The molecule has 4 N–H and O–H groups in total. The molecule has 1 rings (SSSR count). The van der Waals surface area contributed by atoms with Crippen molar-refractivity contribution < 1.29 is 4.79 Å². The molecule has 0 aliphatic heterocycles. The van der Waals surface area contributed by atoms with Crippen molar-refractivity contribution in [2.45, 2.75) is 6.92 Å². The van der Waals surface area contributed by atoms with Gasteiger partial charge in [-0.05, 0) is 6.07 Å². The van der Waals surface area contributed by atoms with E-state index in [-0.39, 0.29) is 5.91 Å². The number of nitrogen functional groups attached to an aromatic ring is 1. The van der Waals surface area contributed by atoms with Gasteiger partial charge >= 0.3 is 0 Å². The van der Waals surface area contributed by atoms with Crippen LogP contribution >= 0.6 is 11.6 Å². The Morgan fingerprint density at radius 1 is 1.60 bits per heavy atom. The number of aromatic nitrogens is 1. The molecule has 0 saturated carbocycles. The predicted octanol–water partition coefficient (Wildman–Crippen LogP) is 0.865. The Morgan fingerprint density at radius 2 is 2.33 bits per heavy atom. The molecule has 1 amide bonds. The van der Waals surface area contributed by atoms with Crippen LogP contribution in [0.5, 0.6) is 0 Å². The molecule has 0 fully saturated rings. The number of anilines is 2. The van der Waals surface area contributed by atoms with E-state index in [0.29, 0.717) is 29.6 Å². The van der Waals surface area contributed by atoms with E-state index in [4.69, 9.17) is 17.3 Å². The van der Waals surface area contributed by atoms with E-state index >= 15 is 0 Å². The van der Waals surface area contributed by atoms with Gasteiger partial charge in [0, 0.05) is 20.0 Å². The van der Waals surface area contributed by atoms with E-state index in [2.05, 4.69) is 15.6 Å². The Balaban J connectivity index is 2.40. The van der Waals surface area contributed by atoms with E-state index in [1.165, 1.54) is 13.1 Å². The van der Waals surface area contributed by atoms with Crippen LogP contribution in [-0.4, -0.2) is 24.0 Å². The van der Waals surface area contributed by atoms with Crippen molar-refractivity contribution >= 4 is 29.0 Å². The second kappa shape index (κ2) is 5.41. The van der Waals surface area contributed by atoms with Crippen LogP contribution in [0.3, 0.4) is 0 Å². The zero-order valence-corrected chi connectivity index (χ0v) is 9.14. The lowest BCUT2D eigenvalue weighted by molar-refractivity contribution is -0.118. The highest BCUT2D eigenvalue weighted by Crippen LogP contribution is 2.20. The topological polar surface area (TPSA) is 80.0 Å². The number of hydrogen-bond donors (Lipinski definition) is 3. The number of nitrogens with two attached hydrogens (primary N) is 1. The van der Waals surface area contributed by atoms with Crippen LogP contribution in [0.4, 0.5) is 11.5 Å². The minimum atomic E-state index is -0.0619. The lowest BCUT2D eigenvalue weighted by Gasteiger charge is -2.07. The van der Waals surface area contributed by atoms with Gasteiger partial charge in [0.05, 0.1) is 16.9 Å². The summed E-state index contributed by atoms with van der Waals surface area (Å²) in [4.78, 5) is 14.6. The van der Waals surface area contributed by atoms with Gasteiger partial charge in [-0.2, -0.15) is 0 Å². The molecule has 82 valence electrons. The molecule has 0 saturated heterocycles. The third-order valence-electron chi connectivity index (χ3n) is 1.65. The van der Waals surface area contributed by atoms with Gasteiger partial charge in [0.15, 0.2) is 0 Å². The van der Waals surface area contributed by atoms with E-state index in [1.807, 2.05) is 0 Å². The van der Waals surface area contributed by atoms with Gasteiger partial charge in [0.1, 0.15) is 5.82 Å². The van der Waals surface area contributed by atoms with Crippen LogP contribution < -0.4 is 16.4 Å². The Labute approximate surface area is 93.0 Å². The van der Waals surface area contributed by atoms with Gasteiger partial charge in [-0.15, -0.1) is 0 Å². The first-order valence-electron chi connectivity index (χ1n) is 4.49. The molecule has 6 heteroatoms. The molecule has 1 aromatic heterocycles. The van der Waals surface area contributed by atoms with Crippen molar-refractivity contribution in [2.75, 3.05) is 24.1 Å². The first-order valence-corrected chi connectivity index (χ1v) is 4.86. The summed E-state index contributed by atoms with van der Waals surface area (Å²) in [6, 6.07) is 1.62. The molecule has 0 aliphatic rings. The maximum atomic E-state index is 10.6. The number of carbonyl (C=O) groups excluding carboxylic acids is 1. The first kappa shape index (κ1) is 11.6. The lowest BCUT2D eigenvalue weighted by atomic mass is 10.4.